The average molecular weight is 550 g/mol. The molecule has 1 saturated heterocycles. The minimum atomic E-state index is -2.82. The molecule has 1 atom stereocenters. The van der Waals surface area contributed by atoms with Crippen LogP contribution in [-0.4, -0.2) is 70.1 Å². The Kier molecular flexibility index (Phi) is 6.97. The van der Waals surface area contributed by atoms with Crippen LogP contribution in [0.5, 0.6) is 0 Å². The number of alkyl halides is 2. The van der Waals surface area contributed by atoms with E-state index in [0.29, 0.717) is 5.69 Å². The Labute approximate surface area is 218 Å². The summed E-state index contributed by atoms with van der Waals surface area (Å²) in [6.07, 6.45) is 2.14. The fraction of sp³-hybridized carbons (Fsp3) is 0.375. The summed E-state index contributed by atoms with van der Waals surface area (Å²) in [6.45, 7) is 0.208. The summed E-state index contributed by atoms with van der Waals surface area (Å²) in [5, 5.41) is 19.6. The van der Waals surface area contributed by atoms with E-state index < -0.39 is 41.8 Å². The molecule has 0 radical (unpaired) electrons. The first-order chi connectivity index (χ1) is 18.1. The number of rotatable bonds is 7. The van der Waals surface area contributed by atoms with E-state index in [1.54, 1.807) is 0 Å². The molecular weight excluding hydrogens is 527 g/mol. The van der Waals surface area contributed by atoms with E-state index in [4.69, 9.17) is 11.6 Å². The molecule has 1 aliphatic heterocycles. The second-order valence-electron chi connectivity index (χ2n) is 9.30. The maximum Gasteiger partial charge on any atom is 0.264 e. The molecule has 14 heteroatoms. The van der Waals surface area contributed by atoms with Gasteiger partial charge in [-0.2, -0.15) is 10.2 Å². The number of nitrogens with zero attached hydrogens (tertiary/aromatic N) is 7. The Morgan fingerprint density at radius 3 is 2.47 bits per heavy atom. The summed E-state index contributed by atoms with van der Waals surface area (Å²) in [7, 11) is 0. The average Bonchev–Trinajstić information content (AvgIpc) is 3.51. The molecule has 0 bridgehead atoms. The van der Waals surface area contributed by atoms with Gasteiger partial charge in [-0.1, -0.05) is 11.6 Å². The Hall–Kier alpha value is -3.71. The molecule has 1 fully saturated rings. The summed E-state index contributed by atoms with van der Waals surface area (Å²) in [5.74, 6) is -0.893. The van der Waals surface area contributed by atoms with E-state index in [0.717, 1.165) is 4.68 Å². The van der Waals surface area contributed by atoms with Gasteiger partial charge < -0.3 is 10.0 Å². The number of benzene rings is 1. The summed E-state index contributed by atoms with van der Waals surface area (Å²) in [5.41, 5.74) is -0.891. The van der Waals surface area contributed by atoms with Crippen LogP contribution in [0.3, 0.4) is 0 Å². The SMILES string of the molecule is O=C(C[C@H](C(F)F)n1cc(Cl)cn1)N1CCC(O)(Cn2cnc3c(cnn3-c3ccc(F)cc3)c2=O)CC1. The van der Waals surface area contributed by atoms with Gasteiger partial charge in [-0.25, -0.2) is 22.8 Å². The van der Waals surface area contributed by atoms with Crippen molar-refractivity contribution in [2.75, 3.05) is 13.1 Å². The number of hydrogen-bond donors (Lipinski definition) is 1. The maximum absolute atomic E-state index is 13.6. The van der Waals surface area contributed by atoms with Crippen LogP contribution in [0, 0.1) is 5.82 Å². The topological polar surface area (TPSA) is 111 Å². The van der Waals surface area contributed by atoms with Crippen molar-refractivity contribution in [3.8, 4) is 5.69 Å². The number of fused-ring (bicyclic) bond motifs is 1. The molecule has 1 amide bonds. The van der Waals surface area contributed by atoms with Gasteiger partial charge in [-0.15, -0.1) is 0 Å². The highest BCUT2D eigenvalue weighted by atomic mass is 35.5. The largest absolute Gasteiger partial charge is 0.388 e. The van der Waals surface area contributed by atoms with Crippen molar-refractivity contribution in [1.82, 2.24) is 34.0 Å². The Balaban J connectivity index is 1.25. The van der Waals surface area contributed by atoms with Crippen LogP contribution in [0.4, 0.5) is 13.2 Å². The van der Waals surface area contributed by atoms with Gasteiger partial charge in [0, 0.05) is 19.3 Å². The van der Waals surface area contributed by atoms with Crippen molar-refractivity contribution >= 4 is 28.5 Å². The highest BCUT2D eigenvalue weighted by Crippen LogP contribution is 2.27. The number of aromatic nitrogens is 6. The predicted octanol–water partition coefficient (Wildman–Crippen LogP) is 2.82. The molecule has 38 heavy (non-hydrogen) atoms. The first-order valence-electron chi connectivity index (χ1n) is 11.8. The molecule has 1 aromatic carbocycles. The van der Waals surface area contributed by atoms with Crippen LogP contribution in [-0.2, 0) is 11.3 Å². The lowest BCUT2D eigenvalue weighted by Gasteiger charge is -2.38. The number of piperidine rings is 1. The second-order valence-corrected chi connectivity index (χ2v) is 9.73. The molecule has 1 aliphatic rings. The van der Waals surface area contributed by atoms with Gasteiger partial charge in [-0.3, -0.25) is 18.8 Å². The van der Waals surface area contributed by atoms with Crippen LogP contribution in [0.15, 0.2) is 54.0 Å². The quantitative estimate of drug-likeness (QED) is 0.379. The van der Waals surface area contributed by atoms with Gasteiger partial charge >= 0.3 is 0 Å². The molecule has 4 aromatic rings. The van der Waals surface area contributed by atoms with Crippen molar-refractivity contribution in [3.05, 3.63) is 70.4 Å². The van der Waals surface area contributed by atoms with Gasteiger partial charge in [0.05, 0.1) is 41.7 Å². The lowest BCUT2D eigenvalue weighted by atomic mass is 9.91. The zero-order valence-electron chi connectivity index (χ0n) is 19.9. The van der Waals surface area contributed by atoms with Crippen molar-refractivity contribution in [3.63, 3.8) is 0 Å². The number of carbonyl (C=O) groups excluding carboxylic acids is 1. The molecule has 0 unspecified atom stereocenters. The zero-order valence-corrected chi connectivity index (χ0v) is 20.7. The summed E-state index contributed by atoms with van der Waals surface area (Å²) < 4.78 is 44.1. The fourth-order valence-corrected chi connectivity index (χ4v) is 4.73. The minimum Gasteiger partial charge on any atom is -0.388 e. The number of carbonyl (C=O) groups is 1. The van der Waals surface area contributed by atoms with E-state index >= 15 is 0 Å². The molecule has 200 valence electrons. The number of aliphatic hydroxyl groups is 1. The molecule has 5 rings (SSSR count). The minimum absolute atomic E-state index is 0.0655. The molecule has 10 nitrogen and oxygen atoms in total. The third-order valence-electron chi connectivity index (χ3n) is 6.72. The molecule has 0 saturated carbocycles. The van der Waals surface area contributed by atoms with E-state index in [9.17, 15) is 27.9 Å². The van der Waals surface area contributed by atoms with Gasteiger partial charge in [-0.05, 0) is 37.1 Å². The van der Waals surface area contributed by atoms with Gasteiger partial charge in [0.15, 0.2) is 5.65 Å². The number of likely N-dealkylation sites (tertiary alicyclic amines) is 1. The fourth-order valence-electron chi connectivity index (χ4n) is 4.58. The van der Waals surface area contributed by atoms with E-state index in [1.807, 2.05) is 0 Å². The molecular formula is C24H23ClF3N7O3. The smallest absolute Gasteiger partial charge is 0.264 e. The monoisotopic (exact) mass is 549 g/mol. The molecule has 4 heterocycles. The summed E-state index contributed by atoms with van der Waals surface area (Å²) >= 11 is 5.77. The van der Waals surface area contributed by atoms with Crippen LogP contribution >= 0.6 is 11.6 Å². The summed E-state index contributed by atoms with van der Waals surface area (Å²) in [4.78, 5) is 31.6. The van der Waals surface area contributed by atoms with Crippen LogP contribution < -0.4 is 5.56 Å². The van der Waals surface area contributed by atoms with Crippen molar-refractivity contribution in [2.45, 2.75) is 43.9 Å². The molecule has 0 spiro atoms. The van der Waals surface area contributed by atoms with Gasteiger partial charge in [0.1, 0.15) is 23.6 Å². The second kappa shape index (κ2) is 10.2. The first-order valence-corrected chi connectivity index (χ1v) is 12.2. The van der Waals surface area contributed by atoms with Gasteiger partial charge in [0.25, 0.3) is 12.0 Å². The predicted molar refractivity (Wildman–Crippen MR) is 131 cm³/mol. The normalized spacial score (nSPS) is 16.3. The standard InChI is InChI=1S/C24H23ClF3N7O3/c25-15-10-30-34(12-15)19(21(27)28)9-20(36)32-7-5-24(38,6-8-32)13-33-14-29-22-18(23(33)37)11-31-35(22)17-3-1-16(26)2-4-17/h1-4,10-12,14,19,21,38H,5-9,13H2/t19-/m1/s1. The third-order valence-corrected chi connectivity index (χ3v) is 6.92. The van der Waals surface area contributed by atoms with Crippen LogP contribution in [0.25, 0.3) is 16.7 Å². The molecule has 1 N–H and O–H groups in total. The maximum atomic E-state index is 13.6. The van der Waals surface area contributed by atoms with E-state index in [1.165, 1.54) is 63.3 Å². The molecule has 0 aliphatic carbocycles. The highest BCUT2D eigenvalue weighted by Gasteiger charge is 2.36. The lowest BCUT2D eigenvalue weighted by molar-refractivity contribution is -0.138. The molecule has 3 aromatic heterocycles. The van der Waals surface area contributed by atoms with E-state index in [2.05, 4.69) is 15.2 Å². The zero-order chi connectivity index (χ0) is 27.0. The highest BCUT2D eigenvalue weighted by molar-refractivity contribution is 6.30. The summed E-state index contributed by atoms with van der Waals surface area (Å²) in [6, 6.07) is 4.12. The Bertz CT molecular complexity index is 1510. The van der Waals surface area contributed by atoms with E-state index in [-0.39, 0.29) is 48.5 Å². The third kappa shape index (κ3) is 5.16. The van der Waals surface area contributed by atoms with Gasteiger partial charge in [0.2, 0.25) is 5.91 Å². The van der Waals surface area contributed by atoms with Crippen LogP contribution in [0.1, 0.15) is 25.3 Å². The number of halogens is 4. The first kappa shape index (κ1) is 25.9. The Morgan fingerprint density at radius 1 is 1.13 bits per heavy atom. The lowest BCUT2D eigenvalue weighted by Crippen LogP contribution is -2.50. The van der Waals surface area contributed by atoms with Crippen LogP contribution in [0.2, 0.25) is 5.02 Å². The van der Waals surface area contributed by atoms with Crippen molar-refractivity contribution in [2.24, 2.45) is 0 Å². The number of hydrogen-bond acceptors (Lipinski definition) is 6. The Morgan fingerprint density at radius 2 is 1.84 bits per heavy atom. The van der Waals surface area contributed by atoms with Crippen molar-refractivity contribution < 1.29 is 23.1 Å². The number of amides is 1. The van der Waals surface area contributed by atoms with Crippen molar-refractivity contribution in [1.29, 1.82) is 0 Å².